The lowest BCUT2D eigenvalue weighted by Crippen LogP contribution is -2.07. The van der Waals surface area contributed by atoms with Gasteiger partial charge in [0.2, 0.25) is 5.69 Å². The first-order valence-corrected chi connectivity index (χ1v) is 3.65. The lowest BCUT2D eigenvalue weighted by Gasteiger charge is -1.97. The molecule has 0 atom stereocenters. The maximum Gasteiger partial charge on any atom is 0.361 e. The van der Waals surface area contributed by atoms with E-state index in [-0.39, 0.29) is 18.0 Å². The van der Waals surface area contributed by atoms with Crippen molar-refractivity contribution >= 4 is 11.7 Å². The third-order valence-corrected chi connectivity index (χ3v) is 1.40. The number of esters is 1. The van der Waals surface area contributed by atoms with Crippen molar-refractivity contribution in [2.45, 2.75) is 6.92 Å². The van der Waals surface area contributed by atoms with Gasteiger partial charge in [0.1, 0.15) is 0 Å². The van der Waals surface area contributed by atoms with Crippen LogP contribution >= 0.6 is 0 Å². The van der Waals surface area contributed by atoms with Crippen molar-refractivity contribution in [1.82, 2.24) is 4.98 Å². The number of nitrogens with one attached hydrogen (secondary N) is 1. The third kappa shape index (κ3) is 1.84. The smallest absolute Gasteiger partial charge is 0.361 e. The molecule has 0 aliphatic heterocycles. The van der Waals surface area contributed by atoms with Crippen molar-refractivity contribution < 1.29 is 14.5 Å². The highest BCUT2D eigenvalue weighted by Crippen LogP contribution is 2.16. The number of H-pyrrole nitrogens is 1. The molecule has 0 amide bonds. The molecule has 0 saturated carbocycles. The molecule has 13 heavy (non-hydrogen) atoms. The summed E-state index contributed by atoms with van der Waals surface area (Å²) >= 11 is 0. The van der Waals surface area contributed by atoms with Crippen molar-refractivity contribution in [3.05, 3.63) is 28.1 Å². The highest BCUT2D eigenvalue weighted by Gasteiger charge is 2.21. The van der Waals surface area contributed by atoms with E-state index in [0.29, 0.717) is 0 Å². The van der Waals surface area contributed by atoms with Gasteiger partial charge in [0.05, 0.1) is 11.5 Å². The van der Waals surface area contributed by atoms with Gasteiger partial charge in [-0.05, 0) is 6.92 Å². The molecule has 0 fully saturated rings. The van der Waals surface area contributed by atoms with Gasteiger partial charge in [0.25, 0.3) is 0 Å². The predicted molar refractivity (Wildman–Crippen MR) is 43.4 cm³/mol. The molecule has 0 saturated heterocycles. The number of aromatic nitrogens is 1. The molecule has 0 aliphatic rings. The van der Waals surface area contributed by atoms with Crippen molar-refractivity contribution in [1.29, 1.82) is 0 Å². The number of ether oxygens (including phenoxy) is 1. The van der Waals surface area contributed by atoms with E-state index in [0.717, 1.165) is 0 Å². The topological polar surface area (TPSA) is 85.2 Å². The van der Waals surface area contributed by atoms with Crippen molar-refractivity contribution in [3.63, 3.8) is 0 Å². The van der Waals surface area contributed by atoms with Crippen LogP contribution in [0.5, 0.6) is 0 Å². The van der Waals surface area contributed by atoms with Gasteiger partial charge in [0.15, 0.2) is 0 Å². The number of nitro groups is 1. The van der Waals surface area contributed by atoms with Crippen LogP contribution in [0.1, 0.15) is 17.4 Å². The Hall–Kier alpha value is -1.85. The molecule has 0 unspecified atom stereocenters. The summed E-state index contributed by atoms with van der Waals surface area (Å²) < 4.78 is 4.60. The van der Waals surface area contributed by atoms with Gasteiger partial charge in [-0.1, -0.05) is 0 Å². The highest BCUT2D eigenvalue weighted by atomic mass is 16.6. The Kier molecular flexibility index (Phi) is 2.63. The summed E-state index contributed by atoms with van der Waals surface area (Å²) in [4.78, 5) is 23.3. The van der Waals surface area contributed by atoms with Gasteiger partial charge in [-0.25, -0.2) is 4.79 Å². The Morgan fingerprint density at radius 3 is 3.00 bits per heavy atom. The summed E-state index contributed by atoms with van der Waals surface area (Å²) in [6, 6.07) is 1.21. The first kappa shape index (κ1) is 9.24. The number of aromatic amines is 1. The summed E-state index contributed by atoms with van der Waals surface area (Å²) in [6.07, 6.45) is 1.32. The van der Waals surface area contributed by atoms with E-state index in [1.54, 1.807) is 6.92 Å². The summed E-state index contributed by atoms with van der Waals surface area (Å²) in [7, 11) is 0. The molecule has 0 spiro atoms. The maximum absolute atomic E-state index is 11.1. The fourth-order valence-electron chi connectivity index (χ4n) is 0.880. The second kappa shape index (κ2) is 3.70. The largest absolute Gasteiger partial charge is 0.461 e. The van der Waals surface area contributed by atoms with Crippen LogP contribution in [-0.4, -0.2) is 22.5 Å². The molecule has 6 nitrogen and oxygen atoms in total. The summed E-state index contributed by atoms with van der Waals surface area (Å²) in [5.74, 6) is -0.709. The minimum Gasteiger partial charge on any atom is -0.461 e. The molecular weight excluding hydrogens is 176 g/mol. The Morgan fingerprint density at radius 1 is 1.77 bits per heavy atom. The first-order valence-electron chi connectivity index (χ1n) is 3.65. The summed E-state index contributed by atoms with van der Waals surface area (Å²) in [5.41, 5.74) is -0.384. The Morgan fingerprint density at radius 2 is 2.46 bits per heavy atom. The van der Waals surface area contributed by atoms with Crippen LogP contribution in [0.25, 0.3) is 0 Å². The zero-order chi connectivity index (χ0) is 9.84. The standard InChI is InChI=1S/C7H8N2O4/c1-2-13-7(10)6-5(9(11)12)3-4-8-6/h3-4,8H,2H2,1H3. The van der Waals surface area contributed by atoms with Crippen LogP contribution < -0.4 is 0 Å². The van der Waals surface area contributed by atoms with Crippen LogP contribution in [0.4, 0.5) is 5.69 Å². The maximum atomic E-state index is 11.1. The number of hydrogen-bond acceptors (Lipinski definition) is 4. The second-order valence-electron chi connectivity index (χ2n) is 2.22. The van der Waals surface area contributed by atoms with Gasteiger partial charge >= 0.3 is 11.7 Å². The molecule has 0 bridgehead atoms. The SMILES string of the molecule is CCOC(=O)c1[nH]ccc1[N+](=O)[O-]. The van der Waals surface area contributed by atoms with Crippen LogP contribution in [0.15, 0.2) is 12.3 Å². The Labute approximate surface area is 73.7 Å². The first-order chi connectivity index (χ1) is 6.16. The fourth-order valence-corrected chi connectivity index (χ4v) is 0.880. The van der Waals surface area contributed by atoms with Gasteiger partial charge in [0, 0.05) is 12.3 Å². The summed E-state index contributed by atoms with van der Waals surface area (Å²) in [5, 5.41) is 10.4. The average molecular weight is 184 g/mol. The molecule has 1 aromatic heterocycles. The highest BCUT2D eigenvalue weighted by molar-refractivity contribution is 5.91. The number of hydrogen-bond donors (Lipinski definition) is 1. The molecule has 1 N–H and O–H groups in total. The van der Waals surface area contributed by atoms with Crippen molar-refractivity contribution in [2.24, 2.45) is 0 Å². The Balaban J connectivity index is 2.93. The molecule has 0 aliphatic carbocycles. The lowest BCUT2D eigenvalue weighted by atomic mass is 10.4. The lowest BCUT2D eigenvalue weighted by molar-refractivity contribution is -0.385. The molecule has 6 heteroatoms. The molecule has 1 aromatic rings. The second-order valence-corrected chi connectivity index (χ2v) is 2.22. The molecule has 0 aromatic carbocycles. The average Bonchev–Trinajstić information content (AvgIpc) is 2.52. The van der Waals surface area contributed by atoms with E-state index in [1.165, 1.54) is 12.3 Å². The van der Waals surface area contributed by atoms with E-state index in [4.69, 9.17) is 0 Å². The van der Waals surface area contributed by atoms with Gasteiger partial charge in [-0.15, -0.1) is 0 Å². The molecule has 0 radical (unpaired) electrons. The zero-order valence-electron chi connectivity index (χ0n) is 6.94. The number of carbonyl (C=O) groups excluding carboxylic acids is 1. The van der Waals surface area contributed by atoms with Crippen LogP contribution in [0.3, 0.4) is 0 Å². The van der Waals surface area contributed by atoms with E-state index in [1.807, 2.05) is 0 Å². The van der Waals surface area contributed by atoms with Crippen molar-refractivity contribution in [3.8, 4) is 0 Å². The minimum absolute atomic E-state index is 0.119. The molecule has 70 valence electrons. The molecular formula is C7H8N2O4. The number of nitrogens with zero attached hydrogens (tertiary/aromatic N) is 1. The van der Waals surface area contributed by atoms with Gasteiger partial charge in [-0.2, -0.15) is 0 Å². The van der Waals surface area contributed by atoms with E-state index in [9.17, 15) is 14.9 Å². The monoisotopic (exact) mass is 184 g/mol. The van der Waals surface area contributed by atoms with Gasteiger partial charge in [-0.3, -0.25) is 10.1 Å². The van der Waals surface area contributed by atoms with Gasteiger partial charge < -0.3 is 9.72 Å². The van der Waals surface area contributed by atoms with Crippen LogP contribution in [0, 0.1) is 10.1 Å². The van der Waals surface area contributed by atoms with Crippen LogP contribution in [-0.2, 0) is 4.74 Å². The molecule has 1 rings (SSSR count). The summed E-state index contributed by atoms with van der Waals surface area (Å²) in [6.45, 7) is 1.82. The van der Waals surface area contributed by atoms with E-state index in [2.05, 4.69) is 9.72 Å². The normalized spacial score (nSPS) is 9.62. The minimum atomic E-state index is -0.709. The fraction of sp³-hybridized carbons (Fsp3) is 0.286. The third-order valence-electron chi connectivity index (χ3n) is 1.40. The van der Waals surface area contributed by atoms with E-state index < -0.39 is 10.9 Å². The quantitative estimate of drug-likeness (QED) is 0.433. The predicted octanol–water partition coefficient (Wildman–Crippen LogP) is 1.10. The number of carbonyl (C=O) groups is 1. The van der Waals surface area contributed by atoms with Crippen molar-refractivity contribution in [2.75, 3.05) is 6.61 Å². The molecule has 1 heterocycles. The van der Waals surface area contributed by atoms with Crippen LogP contribution in [0.2, 0.25) is 0 Å². The van der Waals surface area contributed by atoms with E-state index >= 15 is 0 Å². The zero-order valence-corrected chi connectivity index (χ0v) is 6.94. The number of rotatable bonds is 3. The Bertz CT molecular complexity index is 331.